The fraction of sp³-hybridized carbons (Fsp3) is 0.158. The van der Waals surface area contributed by atoms with Crippen molar-refractivity contribution in [3.05, 3.63) is 77.0 Å². The number of anilines is 1. The molecule has 0 saturated carbocycles. The average molecular weight is 304 g/mol. The van der Waals surface area contributed by atoms with Crippen molar-refractivity contribution in [3.63, 3.8) is 0 Å². The van der Waals surface area contributed by atoms with Crippen LogP contribution < -0.4 is 11.5 Å². The molecule has 0 spiro atoms. The summed E-state index contributed by atoms with van der Waals surface area (Å²) in [7, 11) is 0. The fourth-order valence-electron chi connectivity index (χ4n) is 2.48. The Bertz CT molecular complexity index is 793. The van der Waals surface area contributed by atoms with Crippen LogP contribution in [0.4, 0.5) is 5.95 Å². The van der Waals surface area contributed by atoms with E-state index in [1.165, 1.54) is 11.1 Å². The first-order chi connectivity index (χ1) is 11.1. The second-order valence-corrected chi connectivity index (χ2v) is 5.67. The van der Waals surface area contributed by atoms with E-state index in [4.69, 9.17) is 11.5 Å². The van der Waals surface area contributed by atoms with Gasteiger partial charge in [0.05, 0.1) is 11.4 Å². The van der Waals surface area contributed by atoms with Gasteiger partial charge in [-0.05, 0) is 24.1 Å². The molecule has 0 amide bonds. The zero-order valence-corrected chi connectivity index (χ0v) is 13.2. The number of aryl methyl sites for hydroxylation is 1. The molecule has 4 heteroatoms. The number of nitrogens with two attached hydrogens (primary N) is 2. The Kier molecular flexibility index (Phi) is 4.35. The van der Waals surface area contributed by atoms with E-state index in [-0.39, 0.29) is 0 Å². The predicted octanol–water partition coefficient (Wildman–Crippen LogP) is 3.08. The maximum Gasteiger partial charge on any atom is 0.220 e. The molecule has 0 atom stereocenters. The molecule has 0 aliphatic carbocycles. The Hall–Kier alpha value is -2.72. The lowest BCUT2D eigenvalue weighted by Crippen LogP contribution is -2.02. The minimum Gasteiger partial charge on any atom is -0.368 e. The number of nitrogens with zero attached hydrogens (tertiary/aromatic N) is 2. The summed E-state index contributed by atoms with van der Waals surface area (Å²) in [4.78, 5) is 8.71. The van der Waals surface area contributed by atoms with E-state index < -0.39 is 0 Å². The molecule has 3 rings (SSSR count). The van der Waals surface area contributed by atoms with E-state index >= 15 is 0 Å². The number of hydrogen-bond donors (Lipinski definition) is 2. The van der Waals surface area contributed by atoms with Crippen molar-refractivity contribution < 1.29 is 0 Å². The Balaban J connectivity index is 1.90. The number of aromatic nitrogens is 2. The summed E-state index contributed by atoms with van der Waals surface area (Å²) in [6.07, 6.45) is 0.737. The molecule has 0 bridgehead atoms. The van der Waals surface area contributed by atoms with Crippen LogP contribution in [0.1, 0.15) is 22.4 Å². The van der Waals surface area contributed by atoms with Crippen LogP contribution in [0.2, 0.25) is 0 Å². The highest BCUT2D eigenvalue weighted by molar-refractivity contribution is 5.61. The lowest BCUT2D eigenvalue weighted by molar-refractivity contribution is 1.04. The van der Waals surface area contributed by atoms with Gasteiger partial charge >= 0.3 is 0 Å². The van der Waals surface area contributed by atoms with E-state index in [2.05, 4.69) is 41.2 Å². The quantitative estimate of drug-likeness (QED) is 0.776. The topological polar surface area (TPSA) is 77.8 Å². The van der Waals surface area contributed by atoms with Crippen molar-refractivity contribution in [2.24, 2.45) is 5.73 Å². The maximum atomic E-state index is 5.89. The van der Waals surface area contributed by atoms with Crippen LogP contribution in [0.25, 0.3) is 11.3 Å². The van der Waals surface area contributed by atoms with Crippen molar-refractivity contribution >= 4 is 5.95 Å². The molecule has 1 heterocycles. The molecule has 2 aromatic carbocycles. The second-order valence-electron chi connectivity index (χ2n) is 5.67. The fourth-order valence-corrected chi connectivity index (χ4v) is 2.48. The van der Waals surface area contributed by atoms with Gasteiger partial charge in [-0.25, -0.2) is 9.97 Å². The molecule has 4 nitrogen and oxygen atoms in total. The van der Waals surface area contributed by atoms with Gasteiger partial charge in [-0.15, -0.1) is 0 Å². The Morgan fingerprint density at radius 1 is 0.870 bits per heavy atom. The monoisotopic (exact) mass is 304 g/mol. The lowest BCUT2D eigenvalue weighted by atomic mass is 10.0. The molecule has 0 aliphatic heterocycles. The highest BCUT2D eigenvalue weighted by Gasteiger charge is 2.06. The first-order valence-electron chi connectivity index (χ1n) is 7.62. The Morgan fingerprint density at radius 3 is 2.17 bits per heavy atom. The zero-order chi connectivity index (χ0) is 16.2. The summed E-state index contributed by atoms with van der Waals surface area (Å²) in [6, 6.07) is 18.5. The molecule has 0 aliphatic rings. The molecular formula is C19H20N4. The van der Waals surface area contributed by atoms with Gasteiger partial charge in [0.2, 0.25) is 5.95 Å². The summed E-state index contributed by atoms with van der Waals surface area (Å²) in [5.74, 6) is 0.299. The number of hydrogen-bond acceptors (Lipinski definition) is 4. The first kappa shape index (κ1) is 15.2. The highest BCUT2D eigenvalue weighted by atomic mass is 15.0. The molecule has 4 N–H and O–H groups in total. The zero-order valence-electron chi connectivity index (χ0n) is 13.2. The van der Waals surface area contributed by atoms with Gasteiger partial charge in [0.25, 0.3) is 0 Å². The van der Waals surface area contributed by atoms with Crippen LogP contribution in [-0.4, -0.2) is 9.97 Å². The molecule has 0 saturated heterocycles. The van der Waals surface area contributed by atoms with Crippen molar-refractivity contribution in [1.82, 2.24) is 9.97 Å². The Morgan fingerprint density at radius 2 is 1.52 bits per heavy atom. The Labute approximate surface area is 136 Å². The van der Waals surface area contributed by atoms with Crippen LogP contribution in [0.3, 0.4) is 0 Å². The predicted molar refractivity (Wildman–Crippen MR) is 93.8 cm³/mol. The van der Waals surface area contributed by atoms with E-state index in [0.29, 0.717) is 12.5 Å². The third kappa shape index (κ3) is 3.73. The van der Waals surface area contributed by atoms with Crippen LogP contribution in [-0.2, 0) is 13.0 Å². The van der Waals surface area contributed by atoms with Gasteiger partial charge in [0.15, 0.2) is 0 Å². The maximum absolute atomic E-state index is 5.89. The van der Waals surface area contributed by atoms with Gasteiger partial charge in [0.1, 0.15) is 0 Å². The molecule has 3 aromatic rings. The third-order valence-electron chi connectivity index (χ3n) is 3.79. The van der Waals surface area contributed by atoms with E-state index in [9.17, 15) is 0 Å². The van der Waals surface area contributed by atoms with E-state index in [1.807, 2.05) is 30.3 Å². The van der Waals surface area contributed by atoms with Crippen molar-refractivity contribution in [2.45, 2.75) is 19.9 Å². The number of nitrogen functional groups attached to an aromatic ring is 1. The minimum atomic E-state index is 0.299. The van der Waals surface area contributed by atoms with Crippen LogP contribution in [0, 0.1) is 6.92 Å². The minimum absolute atomic E-state index is 0.299. The van der Waals surface area contributed by atoms with Gasteiger partial charge in [0, 0.05) is 18.5 Å². The van der Waals surface area contributed by atoms with E-state index in [0.717, 1.165) is 28.9 Å². The summed E-state index contributed by atoms with van der Waals surface area (Å²) >= 11 is 0. The summed E-state index contributed by atoms with van der Waals surface area (Å²) in [5.41, 5.74) is 17.8. The highest BCUT2D eigenvalue weighted by Crippen LogP contribution is 2.20. The van der Waals surface area contributed by atoms with Gasteiger partial charge in [-0.1, -0.05) is 54.1 Å². The third-order valence-corrected chi connectivity index (χ3v) is 3.79. The molecule has 0 radical (unpaired) electrons. The van der Waals surface area contributed by atoms with Crippen LogP contribution in [0.5, 0.6) is 0 Å². The van der Waals surface area contributed by atoms with E-state index in [1.54, 1.807) is 0 Å². The molecule has 23 heavy (non-hydrogen) atoms. The number of rotatable bonds is 4. The lowest BCUT2D eigenvalue weighted by Gasteiger charge is -2.07. The molecule has 1 aromatic heterocycles. The molecule has 0 unspecified atom stereocenters. The van der Waals surface area contributed by atoms with Gasteiger partial charge in [-0.3, -0.25) is 0 Å². The normalized spacial score (nSPS) is 10.7. The van der Waals surface area contributed by atoms with Crippen LogP contribution in [0.15, 0.2) is 54.6 Å². The molecular weight excluding hydrogens is 284 g/mol. The first-order valence-corrected chi connectivity index (χ1v) is 7.62. The standard InChI is InChI=1S/C19H20N4/c1-13-2-4-14(5-3-13)10-17-11-18(23-19(21)22-17)16-8-6-15(12-20)7-9-16/h2-9,11H,10,12,20H2,1H3,(H2,21,22,23). The van der Waals surface area contributed by atoms with Gasteiger partial charge in [-0.2, -0.15) is 0 Å². The van der Waals surface area contributed by atoms with Crippen molar-refractivity contribution in [2.75, 3.05) is 5.73 Å². The SMILES string of the molecule is Cc1ccc(Cc2cc(-c3ccc(CN)cc3)nc(N)n2)cc1. The number of benzene rings is 2. The average Bonchev–Trinajstić information content (AvgIpc) is 2.56. The van der Waals surface area contributed by atoms with Crippen LogP contribution >= 0.6 is 0 Å². The summed E-state index contributed by atoms with van der Waals surface area (Å²) in [6.45, 7) is 2.61. The molecule has 116 valence electrons. The summed E-state index contributed by atoms with van der Waals surface area (Å²) in [5, 5.41) is 0. The summed E-state index contributed by atoms with van der Waals surface area (Å²) < 4.78 is 0. The van der Waals surface area contributed by atoms with Crippen molar-refractivity contribution in [3.8, 4) is 11.3 Å². The second kappa shape index (κ2) is 6.58. The molecule has 0 fully saturated rings. The largest absolute Gasteiger partial charge is 0.368 e. The smallest absolute Gasteiger partial charge is 0.220 e. The van der Waals surface area contributed by atoms with Crippen molar-refractivity contribution in [1.29, 1.82) is 0 Å². The van der Waals surface area contributed by atoms with Gasteiger partial charge < -0.3 is 11.5 Å².